The first-order valence-electron chi connectivity index (χ1n) is 7.70. The molecule has 3 heterocycles. The lowest BCUT2D eigenvalue weighted by atomic mass is 10.2. The lowest BCUT2D eigenvalue weighted by Gasteiger charge is -2.24. The fourth-order valence-corrected chi connectivity index (χ4v) is 2.79. The first kappa shape index (κ1) is 14.7. The number of hydrogen-bond acceptors (Lipinski definition) is 6. The molecule has 1 aliphatic heterocycles. The number of pyridine rings is 1. The number of nitrogens with zero attached hydrogens (tertiary/aromatic N) is 4. The second kappa shape index (κ2) is 7.17. The zero-order valence-electron chi connectivity index (χ0n) is 12.5. The Kier molecular flexibility index (Phi) is 4.80. The van der Waals surface area contributed by atoms with Crippen molar-refractivity contribution < 1.29 is 5.11 Å². The fraction of sp³-hybridized carbons (Fsp3) is 0.438. The monoisotopic (exact) mass is 299 g/mol. The predicted molar refractivity (Wildman–Crippen MR) is 85.9 cm³/mol. The van der Waals surface area contributed by atoms with Gasteiger partial charge in [-0.25, -0.2) is 9.97 Å². The van der Waals surface area contributed by atoms with Gasteiger partial charge in [0.1, 0.15) is 18.0 Å². The van der Waals surface area contributed by atoms with E-state index in [-0.39, 0.29) is 12.6 Å². The van der Waals surface area contributed by atoms with Crippen molar-refractivity contribution in [3.63, 3.8) is 0 Å². The molecule has 1 aliphatic rings. The summed E-state index contributed by atoms with van der Waals surface area (Å²) in [6, 6.07) is 8.06. The summed E-state index contributed by atoms with van der Waals surface area (Å²) in [6.07, 6.45) is 6.34. The Labute approximate surface area is 130 Å². The van der Waals surface area contributed by atoms with Crippen LogP contribution in [0.3, 0.4) is 0 Å². The SMILES string of the molecule is OC[C@@H]1CCCN1c1cc(NCCc2ccccn2)ncn1. The zero-order valence-corrected chi connectivity index (χ0v) is 12.5. The van der Waals surface area contributed by atoms with E-state index in [0.717, 1.165) is 49.7 Å². The average molecular weight is 299 g/mol. The van der Waals surface area contributed by atoms with Gasteiger partial charge in [0.05, 0.1) is 12.6 Å². The molecule has 3 rings (SSSR count). The largest absolute Gasteiger partial charge is 0.394 e. The van der Waals surface area contributed by atoms with E-state index >= 15 is 0 Å². The number of aliphatic hydroxyl groups excluding tert-OH is 1. The van der Waals surface area contributed by atoms with Gasteiger partial charge in [-0.15, -0.1) is 0 Å². The number of aromatic nitrogens is 3. The van der Waals surface area contributed by atoms with E-state index in [1.165, 1.54) is 0 Å². The van der Waals surface area contributed by atoms with Gasteiger partial charge in [0.2, 0.25) is 0 Å². The molecule has 0 unspecified atom stereocenters. The van der Waals surface area contributed by atoms with Crippen molar-refractivity contribution in [2.45, 2.75) is 25.3 Å². The van der Waals surface area contributed by atoms with Gasteiger partial charge in [-0.3, -0.25) is 4.98 Å². The maximum Gasteiger partial charge on any atom is 0.134 e. The smallest absolute Gasteiger partial charge is 0.134 e. The average Bonchev–Trinajstić information content (AvgIpc) is 3.05. The molecule has 1 fully saturated rings. The van der Waals surface area contributed by atoms with Crippen molar-refractivity contribution in [1.82, 2.24) is 15.0 Å². The van der Waals surface area contributed by atoms with E-state index in [2.05, 4.69) is 25.2 Å². The van der Waals surface area contributed by atoms with Crippen molar-refractivity contribution >= 4 is 11.6 Å². The van der Waals surface area contributed by atoms with Crippen LogP contribution in [0.5, 0.6) is 0 Å². The van der Waals surface area contributed by atoms with E-state index in [1.807, 2.05) is 24.3 Å². The first-order valence-corrected chi connectivity index (χ1v) is 7.70. The van der Waals surface area contributed by atoms with Crippen molar-refractivity contribution in [3.05, 3.63) is 42.5 Å². The highest BCUT2D eigenvalue weighted by Gasteiger charge is 2.25. The molecule has 116 valence electrons. The molecule has 6 nitrogen and oxygen atoms in total. The number of aliphatic hydroxyl groups is 1. The summed E-state index contributed by atoms with van der Waals surface area (Å²) in [5.41, 5.74) is 1.06. The quantitative estimate of drug-likeness (QED) is 0.842. The summed E-state index contributed by atoms with van der Waals surface area (Å²) in [6.45, 7) is 1.89. The summed E-state index contributed by atoms with van der Waals surface area (Å²) < 4.78 is 0. The van der Waals surface area contributed by atoms with Crippen LogP contribution < -0.4 is 10.2 Å². The highest BCUT2D eigenvalue weighted by molar-refractivity contribution is 5.49. The molecule has 0 spiro atoms. The number of rotatable bonds is 6. The number of hydrogen-bond donors (Lipinski definition) is 2. The lowest BCUT2D eigenvalue weighted by molar-refractivity contribution is 0.266. The Morgan fingerprint density at radius 1 is 1.27 bits per heavy atom. The van der Waals surface area contributed by atoms with E-state index in [4.69, 9.17) is 0 Å². The normalized spacial score (nSPS) is 17.7. The molecule has 0 aromatic carbocycles. The standard InChI is InChI=1S/C16H21N5O/c22-11-14-5-3-9-21(14)16-10-15(19-12-20-16)18-8-6-13-4-1-2-7-17-13/h1-2,4,7,10,12,14,22H,3,5-6,8-9,11H2,(H,18,19,20)/t14-/m0/s1. The van der Waals surface area contributed by atoms with E-state index in [9.17, 15) is 5.11 Å². The second-order valence-corrected chi connectivity index (χ2v) is 5.43. The summed E-state index contributed by atoms with van der Waals surface area (Å²) >= 11 is 0. The van der Waals surface area contributed by atoms with Crippen molar-refractivity contribution in [2.24, 2.45) is 0 Å². The van der Waals surface area contributed by atoms with E-state index in [1.54, 1.807) is 12.5 Å². The Balaban J connectivity index is 1.59. The summed E-state index contributed by atoms with van der Waals surface area (Å²) in [5, 5.41) is 12.7. The molecule has 0 amide bonds. The van der Waals surface area contributed by atoms with Crippen LogP contribution in [0.2, 0.25) is 0 Å². The highest BCUT2D eigenvalue weighted by atomic mass is 16.3. The van der Waals surface area contributed by atoms with Gasteiger partial charge in [0, 0.05) is 37.5 Å². The minimum absolute atomic E-state index is 0.173. The molecule has 6 heteroatoms. The molecule has 0 aliphatic carbocycles. The minimum Gasteiger partial charge on any atom is -0.394 e. The van der Waals surface area contributed by atoms with Crippen LogP contribution in [0.15, 0.2) is 36.8 Å². The highest BCUT2D eigenvalue weighted by Crippen LogP contribution is 2.24. The van der Waals surface area contributed by atoms with Gasteiger partial charge < -0.3 is 15.3 Å². The van der Waals surface area contributed by atoms with Crippen molar-refractivity contribution in [3.8, 4) is 0 Å². The third-order valence-electron chi connectivity index (χ3n) is 3.95. The van der Waals surface area contributed by atoms with Gasteiger partial charge >= 0.3 is 0 Å². The zero-order chi connectivity index (χ0) is 15.2. The molecule has 0 bridgehead atoms. The maximum absolute atomic E-state index is 9.43. The molecule has 2 N–H and O–H groups in total. The third kappa shape index (κ3) is 3.51. The molecule has 1 atom stereocenters. The van der Waals surface area contributed by atoms with Crippen LogP contribution in [-0.4, -0.2) is 45.8 Å². The van der Waals surface area contributed by atoms with Gasteiger partial charge in [-0.1, -0.05) is 6.07 Å². The topological polar surface area (TPSA) is 74.2 Å². The minimum atomic E-state index is 0.173. The molecule has 2 aromatic rings. The van der Waals surface area contributed by atoms with Gasteiger partial charge in [0.25, 0.3) is 0 Å². The van der Waals surface area contributed by atoms with E-state index in [0.29, 0.717) is 0 Å². The van der Waals surface area contributed by atoms with Crippen LogP contribution >= 0.6 is 0 Å². The maximum atomic E-state index is 9.43. The fourth-order valence-electron chi connectivity index (χ4n) is 2.79. The Hall–Kier alpha value is -2.21. The van der Waals surface area contributed by atoms with Crippen LogP contribution in [0, 0.1) is 0 Å². The van der Waals surface area contributed by atoms with Crippen LogP contribution in [0.1, 0.15) is 18.5 Å². The molecule has 22 heavy (non-hydrogen) atoms. The molecule has 2 aromatic heterocycles. The number of nitrogens with one attached hydrogen (secondary N) is 1. The third-order valence-corrected chi connectivity index (χ3v) is 3.95. The Bertz CT molecular complexity index is 592. The van der Waals surface area contributed by atoms with Crippen LogP contribution in [-0.2, 0) is 6.42 Å². The van der Waals surface area contributed by atoms with Crippen molar-refractivity contribution in [2.75, 3.05) is 29.9 Å². The lowest BCUT2D eigenvalue weighted by Crippen LogP contribution is -2.32. The predicted octanol–water partition coefficient (Wildman–Crippen LogP) is 1.49. The molecule has 0 saturated carbocycles. The summed E-state index contributed by atoms with van der Waals surface area (Å²) in [7, 11) is 0. The second-order valence-electron chi connectivity index (χ2n) is 5.43. The van der Waals surface area contributed by atoms with E-state index < -0.39 is 0 Å². The number of anilines is 2. The van der Waals surface area contributed by atoms with Gasteiger partial charge in [-0.2, -0.15) is 0 Å². The molecular weight excluding hydrogens is 278 g/mol. The molecular formula is C16H21N5O. The van der Waals surface area contributed by atoms with Crippen molar-refractivity contribution in [1.29, 1.82) is 0 Å². The van der Waals surface area contributed by atoms with Crippen LogP contribution in [0.25, 0.3) is 0 Å². The Morgan fingerprint density at radius 2 is 2.23 bits per heavy atom. The van der Waals surface area contributed by atoms with Crippen LogP contribution in [0.4, 0.5) is 11.6 Å². The van der Waals surface area contributed by atoms with Gasteiger partial charge in [0.15, 0.2) is 0 Å². The van der Waals surface area contributed by atoms with Gasteiger partial charge in [-0.05, 0) is 25.0 Å². The molecule has 1 saturated heterocycles. The summed E-state index contributed by atoms with van der Waals surface area (Å²) in [5.74, 6) is 1.69. The summed E-state index contributed by atoms with van der Waals surface area (Å²) in [4.78, 5) is 15.1. The Morgan fingerprint density at radius 3 is 3.05 bits per heavy atom. The molecule has 0 radical (unpaired) electrons. The first-order chi connectivity index (χ1) is 10.9.